The molecule has 0 spiro atoms. The number of fused-ring (bicyclic) bond motifs is 1. The average Bonchev–Trinajstić information content (AvgIpc) is 3.23. The number of methoxy groups -OCH3 is 1. The maximum Gasteiger partial charge on any atom is 0.387 e. The summed E-state index contributed by atoms with van der Waals surface area (Å²) in [5.41, 5.74) is 8.26. The molecule has 1 saturated heterocycles. The van der Waals surface area contributed by atoms with Gasteiger partial charge in [0, 0.05) is 55.7 Å². The Bertz CT molecular complexity index is 969. The lowest BCUT2D eigenvalue weighted by Gasteiger charge is -2.26. The van der Waals surface area contributed by atoms with Crippen LogP contribution < -0.4 is 10.5 Å². The normalized spacial score (nSPS) is 29.8. The first kappa shape index (κ1) is 21.6. The molecule has 32 heavy (non-hydrogen) atoms. The van der Waals surface area contributed by atoms with Crippen LogP contribution in [0.15, 0.2) is 18.3 Å². The summed E-state index contributed by atoms with van der Waals surface area (Å²) < 4.78 is 37.5. The Morgan fingerprint density at radius 2 is 1.94 bits per heavy atom. The average molecular weight is 448 g/mol. The molecule has 2 aromatic heterocycles. The standard InChI is InChI=1S/C23H31F2N5O2/c1-12(2)30-19(9-18(28-30)13-6-20(32-23(24)25)22(26)27-10-13)21-16-7-14(8-17(16)21)29-5-4-15(11-29)31-3/h6,9-10,12,14-17,21,23H,4-5,7-8,11H2,1-3H3,(H2,26,27)/t14-,15-,16+,17-,21-/m1/s1. The molecule has 1 aliphatic heterocycles. The first-order chi connectivity index (χ1) is 15.4. The molecule has 3 fully saturated rings. The molecular weight excluding hydrogens is 416 g/mol. The maximum absolute atomic E-state index is 12.7. The van der Waals surface area contributed by atoms with Crippen LogP contribution in [-0.2, 0) is 4.74 Å². The van der Waals surface area contributed by atoms with E-state index in [1.807, 2.05) is 0 Å². The monoisotopic (exact) mass is 447 g/mol. The fourth-order valence-corrected chi connectivity index (χ4v) is 5.83. The van der Waals surface area contributed by atoms with Crippen molar-refractivity contribution >= 4 is 5.82 Å². The molecule has 0 unspecified atom stereocenters. The van der Waals surface area contributed by atoms with Crippen LogP contribution in [0.3, 0.4) is 0 Å². The summed E-state index contributed by atoms with van der Waals surface area (Å²) in [6.45, 7) is 3.46. The molecule has 2 aromatic rings. The van der Waals surface area contributed by atoms with Crippen molar-refractivity contribution in [2.45, 2.75) is 63.8 Å². The Labute approximate surface area is 186 Å². The van der Waals surface area contributed by atoms with Crippen molar-refractivity contribution in [2.24, 2.45) is 11.8 Å². The van der Waals surface area contributed by atoms with E-state index in [0.29, 0.717) is 41.2 Å². The molecule has 5 rings (SSSR count). The number of alkyl halides is 2. The predicted octanol–water partition coefficient (Wildman–Crippen LogP) is 3.92. The lowest BCUT2D eigenvalue weighted by molar-refractivity contribution is -0.0494. The van der Waals surface area contributed by atoms with Gasteiger partial charge < -0.3 is 15.2 Å². The van der Waals surface area contributed by atoms with Crippen molar-refractivity contribution in [1.29, 1.82) is 0 Å². The van der Waals surface area contributed by atoms with E-state index in [1.165, 1.54) is 24.6 Å². The lowest BCUT2D eigenvalue weighted by Crippen LogP contribution is -2.33. The van der Waals surface area contributed by atoms with E-state index in [2.05, 4.69) is 39.2 Å². The van der Waals surface area contributed by atoms with Gasteiger partial charge in [-0.15, -0.1) is 0 Å². The Balaban J connectivity index is 1.34. The summed E-state index contributed by atoms with van der Waals surface area (Å²) in [5.74, 6) is 1.70. The van der Waals surface area contributed by atoms with Gasteiger partial charge in [-0.1, -0.05) is 0 Å². The van der Waals surface area contributed by atoms with Crippen LogP contribution in [0.5, 0.6) is 5.75 Å². The second kappa shape index (κ2) is 8.26. The third kappa shape index (κ3) is 3.85. The highest BCUT2D eigenvalue weighted by Crippen LogP contribution is 2.64. The molecule has 0 aromatic carbocycles. The van der Waals surface area contributed by atoms with Crippen molar-refractivity contribution in [1.82, 2.24) is 19.7 Å². The molecule has 7 nitrogen and oxygen atoms in total. The minimum absolute atomic E-state index is 0.0574. The highest BCUT2D eigenvalue weighted by molar-refractivity contribution is 5.64. The number of rotatable bonds is 7. The molecule has 9 heteroatoms. The number of anilines is 1. The number of nitrogens with zero attached hydrogens (tertiary/aromatic N) is 4. The van der Waals surface area contributed by atoms with Gasteiger partial charge in [0.1, 0.15) is 0 Å². The van der Waals surface area contributed by atoms with Crippen LogP contribution in [0.2, 0.25) is 0 Å². The van der Waals surface area contributed by atoms with Crippen LogP contribution in [-0.4, -0.2) is 58.6 Å². The molecule has 2 saturated carbocycles. The number of pyridine rings is 1. The highest BCUT2D eigenvalue weighted by Gasteiger charge is 2.59. The zero-order valence-electron chi connectivity index (χ0n) is 18.7. The molecule has 3 heterocycles. The molecule has 0 amide bonds. The summed E-state index contributed by atoms with van der Waals surface area (Å²) in [4.78, 5) is 6.64. The molecule has 2 N–H and O–H groups in total. The minimum atomic E-state index is -2.95. The Morgan fingerprint density at radius 3 is 2.56 bits per heavy atom. The highest BCUT2D eigenvalue weighted by atomic mass is 19.3. The topological polar surface area (TPSA) is 78.4 Å². The molecular formula is C23H31F2N5O2. The van der Waals surface area contributed by atoms with Gasteiger partial charge in [-0.3, -0.25) is 9.58 Å². The van der Waals surface area contributed by atoms with Gasteiger partial charge in [-0.2, -0.15) is 13.9 Å². The third-order valence-corrected chi connectivity index (χ3v) is 7.44. The van der Waals surface area contributed by atoms with Crippen LogP contribution in [0.1, 0.15) is 50.8 Å². The van der Waals surface area contributed by atoms with Gasteiger partial charge >= 0.3 is 6.61 Å². The molecule has 5 atom stereocenters. The molecule has 3 aliphatic rings. The van der Waals surface area contributed by atoms with Gasteiger partial charge in [0.15, 0.2) is 11.6 Å². The second-order valence-corrected chi connectivity index (χ2v) is 9.60. The molecule has 2 aliphatic carbocycles. The van der Waals surface area contributed by atoms with Crippen LogP contribution in [0, 0.1) is 11.8 Å². The van der Waals surface area contributed by atoms with E-state index in [1.54, 1.807) is 13.3 Å². The fourth-order valence-electron chi connectivity index (χ4n) is 5.83. The molecule has 174 valence electrons. The van der Waals surface area contributed by atoms with Gasteiger partial charge in [0.2, 0.25) is 0 Å². The van der Waals surface area contributed by atoms with Crippen LogP contribution in [0.25, 0.3) is 11.3 Å². The van der Waals surface area contributed by atoms with E-state index in [9.17, 15) is 8.78 Å². The first-order valence-electron chi connectivity index (χ1n) is 11.4. The Kier molecular flexibility index (Phi) is 5.57. The van der Waals surface area contributed by atoms with Crippen molar-refractivity contribution in [3.63, 3.8) is 0 Å². The van der Waals surface area contributed by atoms with Crippen molar-refractivity contribution in [2.75, 3.05) is 25.9 Å². The van der Waals surface area contributed by atoms with E-state index < -0.39 is 6.61 Å². The van der Waals surface area contributed by atoms with Gasteiger partial charge in [-0.05, 0) is 57.1 Å². The summed E-state index contributed by atoms with van der Waals surface area (Å²) in [7, 11) is 1.81. The first-order valence-corrected chi connectivity index (χ1v) is 11.4. The van der Waals surface area contributed by atoms with E-state index in [4.69, 9.17) is 15.6 Å². The Hall–Kier alpha value is -2.26. The lowest BCUT2D eigenvalue weighted by atomic mass is 10.0. The van der Waals surface area contributed by atoms with Crippen molar-refractivity contribution < 1.29 is 18.3 Å². The second-order valence-electron chi connectivity index (χ2n) is 9.60. The quantitative estimate of drug-likeness (QED) is 0.693. The number of halogens is 2. The molecule has 0 radical (unpaired) electrons. The van der Waals surface area contributed by atoms with E-state index in [0.717, 1.165) is 19.5 Å². The number of hydrogen-bond donors (Lipinski definition) is 1. The number of aromatic nitrogens is 3. The number of ether oxygens (including phenoxy) is 2. The van der Waals surface area contributed by atoms with Crippen LogP contribution in [0.4, 0.5) is 14.6 Å². The summed E-state index contributed by atoms with van der Waals surface area (Å²) >= 11 is 0. The summed E-state index contributed by atoms with van der Waals surface area (Å²) in [6.07, 6.45) is 5.51. The summed E-state index contributed by atoms with van der Waals surface area (Å²) in [6, 6.07) is 4.45. The number of likely N-dealkylation sites (tertiary alicyclic amines) is 1. The number of nitrogens with two attached hydrogens (primary N) is 1. The van der Waals surface area contributed by atoms with Gasteiger partial charge in [0.25, 0.3) is 0 Å². The maximum atomic E-state index is 12.7. The van der Waals surface area contributed by atoms with Crippen molar-refractivity contribution in [3.8, 4) is 17.0 Å². The third-order valence-electron chi connectivity index (χ3n) is 7.44. The Morgan fingerprint density at radius 1 is 1.19 bits per heavy atom. The van der Waals surface area contributed by atoms with Crippen LogP contribution >= 0.6 is 0 Å². The predicted molar refractivity (Wildman–Crippen MR) is 117 cm³/mol. The fraction of sp³-hybridized carbons (Fsp3) is 0.652. The summed E-state index contributed by atoms with van der Waals surface area (Å²) in [5, 5.41) is 4.80. The van der Waals surface area contributed by atoms with Gasteiger partial charge in [0.05, 0.1) is 11.8 Å². The van der Waals surface area contributed by atoms with Crippen molar-refractivity contribution in [3.05, 3.63) is 24.0 Å². The van der Waals surface area contributed by atoms with E-state index in [-0.39, 0.29) is 17.6 Å². The molecule has 0 bridgehead atoms. The van der Waals surface area contributed by atoms with E-state index >= 15 is 0 Å². The zero-order chi connectivity index (χ0) is 22.6. The largest absolute Gasteiger partial charge is 0.431 e. The van der Waals surface area contributed by atoms with Gasteiger partial charge in [-0.25, -0.2) is 4.98 Å². The number of nitrogen functional groups attached to an aromatic ring is 1. The minimum Gasteiger partial charge on any atom is -0.431 e. The zero-order valence-corrected chi connectivity index (χ0v) is 18.7. The smallest absolute Gasteiger partial charge is 0.387 e. The number of hydrogen-bond acceptors (Lipinski definition) is 6. The SMILES string of the molecule is CO[C@@H]1CCN([C@H]2C[C@@H]3[C@H](C2)[C@H]3c2cc(-c3cnc(N)c(OC(F)F)c3)nn2C(C)C)C1.